The molecule has 13 nitrogen and oxygen atoms in total. The summed E-state index contributed by atoms with van der Waals surface area (Å²) in [6.07, 6.45) is 17.0. The smallest absolute Gasteiger partial charge is 0.315 e. The van der Waals surface area contributed by atoms with Crippen molar-refractivity contribution in [1.82, 2.24) is 31.2 Å². The van der Waals surface area contributed by atoms with Crippen LogP contribution < -0.4 is 26.2 Å². The normalized spacial score (nSPS) is 24.2. The highest BCUT2D eigenvalue weighted by Gasteiger charge is 2.49. The molecule has 352 valence electrons. The Bertz CT molecular complexity index is 2130. The number of methoxy groups -OCH3 is 1. The van der Waals surface area contributed by atoms with Gasteiger partial charge in [-0.3, -0.25) is 14.4 Å². The van der Waals surface area contributed by atoms with Crippen molar-refractivity contribution in [3.8, 4) is 11.3 Å². The summed E-state index contributed by atoms with van der Waals surface area (Å²) in [5, 5.41) is 12.5. The van der Waals surface area contributed by atoms with Gasteiger partial charge in [0.05, 0.1) is 36.7 Å². The van der Waals surface area contributed by atoms with Gasteiger partial charge < -0.3 is 40.2 Å². The van der Waals surface area contributed by atoms with Crippen molar-refractivity contribution in [2.24, 2.45) is 11.8 Å². The van der Waals surface area contributed by atoms with Gasteiger partial charge in [0.1, 0.15) is 0 Å². The molecule has 0 bridgehead atoms. The maximum absolute atomic E-state index is 14.1. The van der Waals surface area contributed by atoms with Gasteiger partial charge in [-0.2, -0.15) is 0 Å². The van der Waals surface area contributed by atoms with Crippen molar-refractivity contribution in [2.75, 3.05) is 44.7 Å². The lowest BCUT2D eigenvalue weighted by molar-refractivity contribution is -0.133. The van der Waals surface area contributed by atoms with Crippen LogP contribution in [0, 0.1) is 11.8 Å². The molecule has 0 unspecified atom stereocenters. The van der Waals surface area contributed by atoms with Crippen molar-refractivity contribution >= 4 is 29.8 Å². The quantitative estimate of drug-likeness (QED) is 0.0543. The molecule has 2 saturated carbocycles. The summed E-state index contributed by atoms with van der Waals surface area (Å²) >= 11 is 0. The summed E-state index contributed by atoms with van der Waals surface area (Å²) in [5.74, 6) is -0.909. The number of nitrogens with one attached hydrogen (secondary N) is 4. The second kappa shape index (κ2) is 22.7. The molecule has 8 rings (SSSR count). The molecule has 3 aromatic carbocycles. The van der Waals surface area contributed by atoms with Crippen LogP contribution in [0.3, 0.4) is 0 Å². The topological polar surface area (TPSA) is 158 Å². The van der Waals surface area contributed by atoms with Gasteiger partial charge in [-0.25, -0.2) is 9.78 Å². The van der Waals surface area contributed by atoms with Crippen LogP contribution in [0.1, 0.15) is 124 Å². The number of urea groups is 1. The van der Waals surface area contributed by atoms with E-state index in [0.29, 0.717) is 37.0 Å². The molecule has 0 radical (unpaired) electrons. The summed E-state index contributed by atoms with van der Waals surface area (Å²) in [6.45, 7) is 4.19. The molecule has 4 fully saturated rings. The van der Waals surface area contributed by atoms with Crippen LogP contribution in [-0.2, 0) is 14.3 Å². The number of hydrogen-bond donors (Lipinski definition) is 4. The van der Waals surface area contributed by atoms with Crippen molar-refractivity contribution in [3.63, 3.8) is 0 Å². The highest BCUT2D eigenvalue weighted by molar-refractivity contribution is 5.97. The minimum absolute atomic E-state index is 0.00802. The molecule has 8 atom stereocenters. The third kappa shape index (κ3) is 12.2. The molecule has 5 amide bonds. The first-order chi connectivity index (χ1) is 32.3. The Hall–Kier alpha value is -5.69. The predicted octanol–water partition coefficient (Wildman–Crippen LogP) is 8.19. The number of oxazole rings is 1. The number of anilines is 1. The number of likely N-dealkylation sites (tertiary alicyclic amines) is 1. The van der Waals surface area contributed by atoms with Gasteiger partial charge in [0, 0.05) is 68.3 Å². The molecule has 66 heavy (non-hydrogen) atoms. The van der Waals surface area contributed by atoms with E-state index in [1.165, 1.54) is 68.9 Å². The molecule has 4 aromatic rings. The molecule has 4 N–H and O–H groups in total. The largest absolute Gasteiger partial charge is 0.423 e. The van der Waals surface area contributed by atoms with Gasteiger partial charge >= 0.3 is 6.03 Å². The zero-order valence-electron chi connectivity index (χ0n) is 38.8. The van der Waals surface area contributed by atoms with Crippen molar-refractivity contribution in [3.05, 3.63) is 108 Å². The van der Waals surface area contributed by atoms with Crippen LogP contribution in [0.15, 0.2) is 95.5 Å². The third-order valence-electron chi connectivity index (χ3n) is 14.1. The molecule has 13 heteroatoms. The first-order valence-corrected chi connectivity index (χ1v) is 24.7. The Morgan fingerprint density at radius 1 is 0.652 bits per heavy atom. The van der Waals surface area contributed by atoms with E-state index in [1.54, 1.807) is 30.3 Å². The zero-order valence-corrected chi connectivity index (χ0v) is 38.8. The third-order valence-corrected chi connectivity index (χ3v) is 14.1. The maximum Gasteiger partial charge on any atom is 0.315 e. The SMILES string of the molecule is CCCCCCCCCCCCCNC(=O)N[C@H]1CN(c2ncc(-c3ccc(C(=O)N4C[C@@H](C(=O)N[C@H]5C[C@@H]5c5ccccc5)[C@H](C(=O)N[C@H]5C[C@@H]5c5ccccc5)C4)cc3)o2)C[C@@H]1OC. The number of amides is 5. The molecule has 4 aliphatic rings. The van der Waals surface area contributed by atoms with Crippen LogP contribution in [-0.4, -0.2) is 97.7 Å². The van der Waals surface area contributed by atoms with E-state index in [9.17, 15) is 19.2 Å². The number of rotatable bonds is 23. The van der Waals surface area contributed by atoms with Gasteiger partial charge in [-0.15, -0.1) is 0 Å². The Morgan fingerprint density at radius 2 is 1.20 bits per heavy atom. The number of ether oxygens (including phenoxy) is 1. The molecular formula is C53H69N7O6. The average molecular weight is 900 g/mol. The van der Waals surface area contributed by atoms with Gasteiger partial charge in [0.25, 0.3) is 11.9 Å². The summed E-state index contributed by atoms with van der Waals surface area (Å²) < 4.78 is 12.0. The Morgan fingerprint density at radius 3 is 1.74 bits per heavy atom. The van der Waals surface area contributed by atoms with Crippen molar-refractivity contribution in [2.45, 2.75) is 126 Å². The fourth-order valence-electron chi connectivity index (χ4n) is 9.95. The van der Waals surface area contributed by atoms with E-state index >= 15 is 0 Å². The Balaban J connectivity index is 0.817. The van der Waals surface area contributed by atoms with E-state index in [2.05, 4.69) is 57.4 Å². The number of carbonyl (C=O) groups is 4. The highest BCUT2D eigenvalue weighted by atomic mass is 16.5. The average Bonchev–Trinajstić information content (AvgIpc) is 4.07. The molecule has 3 heterocycles. The molecule has 1 aromatic heterocycles. The lowest BCUT2D eigenvalue weighted by Crippen LogP contribution is -2.48. The lowest BCUT2D eigenvalue weighted by atomic mass is 9.94. The fraction of sp³-hybridized carbons (Fsp3) is 0.528. The number of unbranched alkanes of at least 4 members (excludes halogenated alkanes) is 10. The van der Waals surface area contributed by atoms with Gasteiger partial charge in [0.2, 0.25) is 11.8 Å². The molecule has 0 spiro atoms. The van der Waals surface area contributed by atoms with Crippen LogP contribution in [0.25, 0.3) is 11.3 Å². The second-order valence-corrected chi connectivity index (χ2v) is 19.0. The highest BCUT2D eigenvalue weighted by Crippen LogP contribution is 2.43. The molecule has 2 saturated heterocycles. The van der Waals surface area contributed by atoms with Crippen molar-refractivity contribution in [1.29, 1.82) is 0 Å². The standard InChI is InChI=1S/C53H69N7O6/c1-3-4-5-6-7-8-9-10-11-12-19-28-54-52(64)58-46-34-60(35-48(46)65-2)53-55-31-47(66-53)38-24-26-39(27-25-38)51(63)59-32-42(49(61)56-44-29-40(44)36-20-15-13-16-21-36)43(33-59)50(62)57-45-30-41(45)37-22-17-14-18-23-37/h13-18,20-27,31,40-46,48H,3-12,19,28-30,32-35H2,1-2H3,(H,56,61)(H,57,62)(H2,54,58,64)/t40-,41-,42-,43-,44+,45+,46+,48+/m1/s1. The van der Waals surface area contributed by atoms with Crippen LogP contribution in [0.4, 0.5) is 10.8 Å². The van der Waals surface area contributed by atoms with Crippen LogP contribution in [0.2, 0.25) is 0 Å². The fourth-order valence-corrected chi connectivity index (χ4v) is 9.95. The number of carbonyl (C=O) groups excluding carboxylic acids is 4. The summed E-state index contributed by atoms with van der Waals surface area (Å²) in [6, 6.07) is 27.4. The Kier molecular flexibility index (Phi) is 16.1. The minimum atomic E-state index is -0.668. The molecule has 2 aliphatic carbocycles. The van der Waals surface area contributed by atoms with Crippen molar-refractivity contribution < 1.29 is 28.3 Å². The Labute approximate surface area is 390 Å². The van der Waals surface area contributed by atoms with Crippen LogP contribution >= 0.6 is 0 Å². The summed E-state index contributed by atoms with van der Waals surface area (Å²) in [7, 11) is 1.65. The zero-order chi connectivity index (χ0) is 45.8. The van der Waals surface area contributed by atoms with E-state index in [4.69, 9.17) is 9.15 Å². The maximum atomic E-state index is 14.1. The number of nitrogens with zero attached hydrogens (tertiary/aromatic N) is 3. The number of aromatic nitrogens is 1. The lowest BCUT2D eigenvalue weighted by Gasteiger charge is -2.18. The molecular weight excluding hydrogens is 831 g/mol. The minimum Gasteiger partial charge on any atom is -0.423 e. The van der Waals surface area contributed by atoms with Gasteiger partial charge in [0.15, 0.2) is 5.76 Å². The van der Waals surface area contributed by atoms with Gasteiger partial charge in [-0.1, -0.05) is 144 Å². The van der Waals surface area contributed by atoms with E-state index in [-0.39, 0.29) is 72.9 Å². The van der Waals surface area contributed by atoms with E-state index < -0.39 is 11.8 Å². The molecule has 2 aliphatic heterocycles. The van der Waals surface area contributed by atoms with E-state index in [0.717, 1.165) is 31.2 Å². The summed E-state index contributed by atoms with van der Waals surface area (Å²) in [5.41, 5.74) is 3.58. The number of benzene rings is 3. The monoisotopic (exact) mass is 900 g/mol. The first kappa shape index (κ1) is 46.8. The summed E-state index contributed by atoms with van der Waals surface area (Å²) in [4.78, 5) is 62.9. The van der Waals surface area contributed by atoms with E-state index in [1.807, 2.05) is 53.4 Å². The number of hydrogen-bond acceptors (Lipinski definition) is 8. The van der Waals surface area contributed by atoms with Crippen LogP contribution in [0.5, 0.6) is 0 Å². The first-order valence-electron chi connectivity index (χ1n) is 24.7. The predicted molar refractivity (Wildman–Crippen MR) is 256 cm³/mol. The second-order valence-electron chi connectivity index (χ2n) is 19.0. The van der Waals surface area contributed by atoms with Gasteiger partial charge in [-0.05, 0) is 42.5 Å².